The minimum Gasteiger partial charge on any atom is -0.340 e. The van der Waals surface area contributed by atoms with Crippen molar-refractivity contribution in [1.82, 2.24) is 19.9 Å². The van der Waals surface area contributed by atoms with Crippen molar-refractivity contribution in [2.24, 2.45) is 0 Å². The van der Waals surface area contributed by atoms with E-state index >= 15 is 0 Å². The van der Waals surface area contributed by atoms with Gasteiger partial charge in [0.05, 0.1) is 11.7 Å². The number of benzene rings is 2. The van der Waals surface area contributed by atoms with E-state index in [0.717, 1.165) is 22.2 Å². The fourth-order valence-corrected chi connectivity index (χ4v) is 3.13. The third-order valence-corrected chi connectivity index (χ3v) is 4.21. The average molecular weight is 382 g/mol. The van der Waals surface area contributed by atoms with Crippen LogP contribution in [0.5, 0.6) is 0 Å². The van der Waals surface area contributed by atoms with Crippen LogP contribution in [0, 0.1) is 6.92 Å². The maximum atomic E-state index is 6.17. The molecule has 0 spiro atoms. The van der Waals surface area contributed by atoms with Crippen molar-refractivity contribution in [3.8, 4) is 11.5 Å². The van der Waals surface area contributed by atoms with Gasteiger partial charge in [-0.25, -0.2) is 15.0 Å². The van der Waals surface area contributed by atoms with Gasteiger partial charge in [0.2, 0.25) is 0 Å². The van der Waals surface area contributed by atoms with Crippen LogP contribution in [0.1, 0.15) is 5.56 Å². The van der Waals surface area contributed by atoms with Crippen LogP contribution < -0.4 is 5.32 Å². The molecule has 0 bridgehead atoms. The van der Waals surface area contributed by atoms with E-state index < -0.39 is 0 Å². The summed E-state index contributed by atoms with van der Waals surface area (Å²) in [5.41, 5.74) is 3.19. The van der Waals surface area contributed by atoms with Crippen LogP contribution in [0.2, 0.25) is 10.0 Å². The second-order valence-electron chi connectivity index (χ2n) is 5.79. The smallest absolute Gasteiger partial charge is 0.182 e. The van der Waals surface area contributed by atoms with E-state index in [1.807, 2.05) is 37.3 Å². The standard InChI is InChI=1S/C19H13Cl2N5/c1-11-6-13(21)8-14(7-11)24-18-15-3-2-12(20)9-16(15)25-19(26-18)17-10-22-4-5-23-17/h2-10H,1H3,(H,24,25,26). The zero-order chi connectivity index (χ0) is 18.1. The van der Waals surface area contributed by atoms with E-state index in [9.17, 15) is 0 Å². The zero-order valence-corrected chi connectivity index (χ0v) is 15.3. The summed E-state index contributed by atoms with van der Waals surface area (Å²) in [4.78, 5) is 17.6. The van der Waals surface area contributed by atoms with Gasteiger partial charge in [-0.3, -0.25) is 4.98 Å². The lowest BCUT2D eigenvalue weighted by atomic mass is 10.2. The maximum Gasteiger partial charge on any atom is 0.182 e. The number of halogens is 2. The molecule has 0 unspecified atom stereocenters. The predicted molar refractivity (Wildman–Crippen MR) is 105 cm³/mol. The van der Waals surface area contributed by atoms with Gasteiger partial charge in [-0.15, -0.1) is 0 Å². The van der Waals surface area contributed by atoms with Crippen LogP contribution in [0.25, 0.3) is 22.4 Å². The van der Waals surface area contributed by atoms with Crippen molar-refractivity contribution in [3.05, 3.63) is 70.6 Å². The molecule has 1 N–H and O–H groups in total. The second-order valence-corrected chi connectivity index (χ2v) is 6.66. The Labute approximate surface area is 160 Å². The molecular weight excluding hydrogens is 369 g/mol. The molecule has 5 nitrogen and oxygen atoms in total. The number of aryl methyl sites for hydroxylation is 1. The molecule has 128 valence electrons. The molecule has 2 heterocycles. The molecule has 0 saturated carbocycles. The van der Waals surface area contributed by atoms with E-state index in [-0.39, 0.29) is 0 Å². The van der Waals surface area contributed by atoms with Gasteiger partial charge in [0.25, 0.3) is 0 Å². The molecule has 0 aliphatic rings. The Morgan fingerprint density at radius 2 is 1.81 bits per heavy atom. The number of anilines is 2. The number of aromatic nitrogens is 4. The van der Waals surface area contributed by atoms with Crippen molar-refractivity contribution < 1.29 is 0 Å². The molecule has 0 radical (unpaired) electrons. The molecule has 4 aromatic rings. The van der Waals surface area contributed by atoms with Gasteiger partial charge in [0.15, 0.2) is 5.82 Å². The summed E-state index contributed by atoms with van der Waals surface area (Å²) in [5, 5.41) is 5.44. The molecule has 4 rings (SSSR count). The molecular formula is C19H13Cl2N5. The van der Waals surface area contributed by atoms with Crippen molar-refractivity contribution in [2.75, 3.05) is 5.32 Å². The lowest BCUT2D eigenvalue weighted by Crippen LogP contribution is -2.00. The molecule has 0 amide bonds. The van der Waals surface area contributed by atoms with Gasteiger partial charge in [-0.05, 0) is 48.9 Å². The molecule has 7 heteroatoms. The Morgan fingerprint density at radius 1 is 0.923 bits per heavy atom. The second kappa shape index (κ2) is 6.86. The monoisotopic (exact) mass is 381 g/mol. The van der Waals surface area contributed by atoms with Crippen LogP contribution in [0.3, 0.4) is 0 Å². The normalized spacial score (nSPS) is 10.9. The summed E-state index contributed by atoms with van der Waals surface area (Å²) in [6.45, 7) is 1.99. The van der Waals surface area contributed by atoms with E-state index in [0.29, 0.717) is 27.4 Å². The summed E-state index contributed by atoms with van der Waals surface area (Å²) in [6, 6.07) is 11.2. The first kappa shape index (κ1) is 16.7. The van der Waals surface area contributed by atoms with Crippen LogP contribution >= 0.6 is 23.2 Å². The lowest BCUT2D eigenvalue weighted by Gasteiger charge is -2.12. The van der Waals surface area contributed by atoms with Gasteiger partial charge in [0, 0.05) is 33.5 Å². The van der Waals surface area contributed by atoms with Gasteiger partial charge in [-0.2, -0.15) is 0 Å². The highest BCUT2D eigenvalue weighted by atomic mass is 35.5. The van der Waals surface area contributed by atoms with Gasteiger partial charge in [0.1, 0.15) is 11.5 Å². The molecule has 26 heavy (non-hydrogen) atoms. The van der Waals surface area contributed by atoms with Crippen LogP contribution in [-0.2, 0) is 0 Å². The third kappa shape index (κ3) is 3.45. The number of rotatable bonds is 3. The summed E-state index contributed by atoms with van der Waals surface area (Å²) >= 11 is 12.3. The SMILES string of the molecule is Cc1cc(Cl)cc(Nc2nc(-c3cnccn3)nc3cc(Cl)ccc23)c1. The number of nitrogens with zero attached hydrogens (tertiary/aromatic N) is 4. The number of fused-ring (bicyclic) bond motifs is 1. The summed E-state index contributed by atoms with van der Waals surface area (Å²) in [7, 11) is 0. The first-order chi connectivity index (χ1) is 12.6. The highest BCUT2D eigenvalue weighted by molar-refractivity contribution is 6.31. The highest BCUT2D eigenvalue weighted by Gasteiger charge is 2.12. The quantitative estimate of drug-likeness (QED) is 0.511. The van der Waals surface area contributed by atoms with Crippen LogP contribution in [-0.4, -0.2) is 19.9 Å². The molecule has 0 aliphatic heterocycles. The number of hydrogen-bond donors (Lipinski definition) is 1. The van der Waals surface area contributed by atoms with E-state index in [2.05, 4.69) is 25.3 Å². The molecule has 2 aromatic carbocycles. The Balaban J connectivity index is 1.89. The minimum absolute atomic E-state index is 0.467. The summed E-state index contributed by atoms with van der Waals surface area (Å²) in [5.74, 6) is 1.11. The van der Waals surface area contributed by atoms with Crippen molar-refractivity contribution in [1.29, 1.82) is 0 Å². The molecule has 0 fully saturated rings. The maximum absolute atomic E-state index is 6.17. The third-order valence-electron chi connectivity index (χ3n) is 3.76. The predicted octanol–water partition coefficient (Wildman–Crippen LogP) is 5.45. The molecule has 0 aliphatic carbocycles. The fraction of sp³-hybridized carbons (Fsp3) is 0.0526. The van der Waals surface area contributed by atoms with E-state index in [4.69, 9.17) is 23.2 Å². The summed E-state index contributed by atoms with van der Waals surface area (Å²) in [6.07, 6.45) is 4.84. The van der Waals surface area contributed by atoms with Gasteiger partial charge >= 0.3 is 0 Å². The topological polar surface area (TPSA) is 63.6 Å². The van der Waals surface area contributed by atoms with Gasteiger partial charge < -0.3 is 5.32 Å². The Morgan fingerprint density at radius 3 is 2.58 bits per heavy atom. The lowest BCUT2D eigenvalue weighted by molar-refractivity contribution is 1.13. The number of nitrogens with one attached hydrogen (secondary N) is 1. The van der Waals surface area contributed by atoms with E-state index in [1.165, 1.54) is 0 Å². The Hall–Kier alpha value is -2.76. The zero-order valence-electron chi connectivity index (χ0n) is 13.7. The van der Waals surface area contributed by atoms with E-state index in [1.54, 1.807) is 24.7 Å². The van der Waals surface area contributed by atoms with Gasteiger partial charge in [-0.1, -0.05) is 23.2 Å². The largest absolute Gasteiger partial charge is 0.340 e. The minimum atomic E-state index is 0.467. The first-order valence-electron chi connectivity index (χ1n) is 7.86. The van der Waals surface area contributed by atoms with Crippen LogP contribution in [0.15, 0.2) is 55.0 Å². The Kier molecular flexibility index (Phi) is 4.41. The van der Waals surface area contributed by atoms with Crippen molar-refractivity contribution in [2.45, 2.75) is 6.92 Å². The highest BCUT2D eigenvalue weighted by Crippen LogP contribution is 2.29. The summed E-state index contributed by atoms with van der Waals surface area (Å²) < 4.78 is 0. The average Bonchev–Trinajstić information content (AvgIpc) is 2.61. The van der Waals surface area contributed by atoms with Crippen LogP contribution in [0.4, 0.5) is 11.5 Å². The Bertz CT molecular complexity index is 1080. The number of hydrogen-bond acceptors (Lipinski definition) is 5. The fourth-order valence-electron chi connectivity index (χ4n) is 2.67. The van der Waals surface area contributed by atoms with Crippen molar-refractivity contribution >= 4 is 45.6 Å². The molecule has 0 saturated heterocycles. The first-order valence-corrected chi connectivity index (χ1v) is 8.62. The van der Waals surface area contributed by atoms with Crippen molar-refractivity contribution in [3.63, 3.8) is 0 Å². The molecule has 0 atom stereocenters. The molecule has 2 aromatic heterocycles.